The molecule has 0 saturated carbocycles. The SMILES string of the molecule is Cc1nc(C(=O)N(Cc2ccc(C(C)C)cc2)CC2CCCO2)c(-c2ccccc2)s1. The van der Waals surface area contributed by atoms with E-state index in [1.165, 1.54) is 5.56 Å². The lowest BCUT2D eigenvalue weighted by atomic mass is 10.0. The Hall–Kier alpha value is -2.50. The van der Waals surface area contributed by atoms with Crippen LogP contribution in [0, 0.1) is 6.92 Å². The van der Waals surface area contributed by atoms with Crippen LogP contribution in [0.4, 0.5) is 0 Å². The Morgan fingerprint density at radius 1 is 1.16 bits per heavy atom. The van der Waals surface area contributed by atoms with Crippen LogP contribution in [0.15, 0.2) is 54.6 Å². The van der Waals surface area contributed by atoms with E-state index in [0.717, 1.165) is 40.5 Å². The highest BCUT2D eigenvalue weighted by Gasteiger charge is 2.27. The summed E-state index contributed by atoms with van der Waals surface area (Å²) in [5.41, 5.74) is 4.02. The number of ether oxygens (including phenoxy) is 1. The number of carbonyl (C=O) groups is 1. The van der Waals surface area contributed by atoms with Gasteiger partial charge in [0.05, 0.1) is 16.0 Å². The van der Waals surface area contributed by atoms with Gasteiger partial charge in [0.25, 0.3) is 5.91 Å². The third-order valence-electron chi connectivity index (χ3n) is 5.73. The first-order valence-corrected chi connectivity index (χ1v) is 11.9. The fourth-order valence-electron chi connectivity index (χ4n) is 3.99. The van der Waals surface area contributed by atoms with Crippen LogP contribution in [0.3, 0.4) is 0 Å². The minimum Gasteiger partial charge on any atom is -0.376 e. The third-order valence-corrected chi connectivity index (χ3v) is 6.75. The Morgan fingerprint density at radius 2 is 1.90 bits per heavy atom. The van der Waals surface area contributed by atoms with Crippen LogP contribution in [-0.4, -0.2) is 35.0 Å². The van der Waals surface area contributed by atoms with E-state index < -0.39 is 0 Å². The van der Waals surface area contributed by atoms with Gasteiger partial charge in [-0.1, -0.05) is 68.4 Å². The number of hydrogen-bond donors (Lipinski definition) is 0. The molecule has 0 aliphatic carbocycles. The summed E-state index contributed by atoms with van der Waals surface area (Å²) in [7, 11) is 0. The number of nitrogens with zero attached hydrogens (tertiary/aromatic N) is 2. The number of carbonyl (C=O) groups excluding carboxylic acids is 1. The van der Waals surface area contributed by atoms with Crippen molar-refractivity contribution in [2.24, 2.45) is 0 Å². The van der Waals surface area contributed by atoms with Crippen LogP contribution < -0.4 is 0 Å². The van der Waals surface area contributed by atoms with Crippen molar-refractivity contribution in [1.29, 1.82) is 0 Å². The van der Waals surface area contributed by atoms with E-state index in [4.69, 9.17) is 4.74 Å². The number of aromatic nitrogens is 1. The number of aryl methyl sites for hydroxylation is 1. The molecule has 1 atom stereocenters. The van der Waals surface area contributed by atoms with Crippen LogP contribution in [0.25, 0.3) is 10.4 Å². The van der Waals surface area contributed by atoms with Crippen LogP contribution >= 0.6 is 11.3 Å². The summed E-state index contributed by atoms with van der Waals surface area (Å²) in [4.78, 5) is 21.2. The molecule has 2 heterocycles. The molecule has 1 fully saturated rings. The molecule has 0 radical (unpaired) electrons. The monoisotopic (exact) mass is 434 g/mol. The molecule has 1 aliphatic heterocycles. The predicted octanol–water partition coefficient (Wildman–Crippen LogP) is 6.06. The molecule has 0 spiro atoms. The molecule has 3 aromatic rings. The molecule has 1 amide bonds. The highest BCUT2D eigenvalue weighted by Crippen LogP contribution is 2.31. The number of thiazole rings is 1. The summed E-state index contributed by atoms with van der Waals surface area (Å²) >= 11 is 1.58. The summed E-state index contributed by atoms with van der Waals surface area (Å²) in [5.74, 6) is 0.469. The highest BCUT2D eigenvalue weighted by atomic mass is 32.1. The van der Waals surface area contributed by atoms with Crippen LogP contribution in [0.2, 0.25) is 0 Å². The van der Waals surface area contributed by atoms with Gasteiger partial charge in [-0.2, -0.15) is 0 Å². The molecule has 31 heavy (non-hydrogen) atoms. The Labute approximate surface area is 188 Å². The number of benzene rings is 2. The normalized spacial score (nSPS) is 16.1. The second-order valence-corrected chi connectivity index (χ2v) is 9.70. The average molecular weight is 435 g/mol. The maximum absolute atomic E-state index is 13.7. The van der Waals surface area contributed by atoms with E-state index in [2.05, 4.69) is 43.1 Å². The van der Waals surface area contributed by atoms with Crippen molar-refractivity contribution in [3.05, 3.63) is 76.4 Å². The summed E-state index contributed by atoms with van der Waals surface area (Å²) in [6.07, 6.45) is 2.15. The molecule has 4 nitrogen and oxygen atoms in total. The molecule has 4 rings (SSSR count). The third kappa shape index (κ3) is 5.23. The lowest BCUT2D eigenvalue weighted by Crippen LogP contribution is -2.37. The largest absolute Gasteiger partial charge is 0.376 e. The van der Waals surface area contributed by atoms with Gasteiger partial charge in [-0.3, -0.25) is 4.79 Å². The molecular weight excluding hydrogens is 404 g/mol. The van der Waals surface area contributed by atoms with Crippen molar-refractivity contribution < 1.29 is 9.53 Å². The number of amides is 1. The van der Waals surface area contributed by atoms with Crippen molar-refractivity contribution in [2.45, 2.75) is 52.2 Å². The Balaban J connectivity index is 1.63. The van der Waals surface area contributed by atoms with Crippen molar-refractivity contribution >= 4 is 17.2 Å². The van der Waals surface area contributed by atoms with E-state index in [0.29, 0.717) is 24.7 Å². The maximum Gasteiger partial charge on any atom is 0.274 e. The summed E-state index contributed by atoms with van der Waals surface area (Å²) < 4.78 is 5.87. The first kappa shape index (κ1) is 21.7. The first-order valence-electron chi connectivity index (χ1n) is 11.0. The van der Waals surface area contributed by atoms with Gasteiger partial charge >= 0.3 is 0 Å². The Kier molecular flexibility index (Phi) is 6.83. The molecule has 1 saturated heterocycles. The smallest absolute Gasteiger partial charge is 0.274 e. The lowest BCUT2D eigenvalue weighted by Gasteiger charge is -2.25. The maximum atomic E-state index is 13.7. The van der Waals surface area contributed by atoms with Crippen molar-refractivity contribution in [1.82, 2.24) is 9.88 Å². The van der Waals surface area contributed by atoms with E-state index in [-0.39, 0.29) is 12.0 Å². The van der Waals surface area contributed by atoms with Crippen molar-refractivity contribution in [3.63, 3.8) is 0 Å². The lowest BCUT2D eigenvalue weighted by molar-refractivity contribution is 0.0504. The van der Waals surface area contributed by atoms with E-state index in [1.54, 1.807) is 11.3 Å². The summed E-state index contributed by atoms with van der Waals surface area (Å²) in [6.45, 7) is 8.27. The highest BCUT2D eigenvalue weighted by molar-refractivity contribution is 7.15. The zero-order valence-electron chi connectivity index (χ0n) is 18.5. The number of rotatable bonds is 7. The number of hydrogen-bond acceptors (Lipinski definition) is 4. The van der Waals surface area contributed by atoms with Crippen molar-refractivity contribution in [2.75, 3.05) is 13.2 Å². The van der Waals surface area contributed by atoms with E-state index >= 15 is 0 Å². The fourth-order valence-corrected chi connectivity index (χ4v) is 4.90. The molecule has 1 aromatic heterocycles. The fraction of sp³-hybridized carbons (Fsp3) is 0.385. The molecule has 2 aromatic carbocycles. The summed E-state index contributed by atoms with van der Waals surface area (Å²) in [5, 5.41) is 0.903. The first-order chi connectivity index (χ1) is 15.0. The molecular formula is C26H30N2O2S. The standard InChI is InChI=1S/C26H30N2O2S/c1-18(2)21-13-11-20(12-14-21)16-28(17-23-10-7-15-30-23)26(29)24-25(31-19(3)27-24)22-8-5-4-6-9-22/h4-6,8-9,11-14,18,23H,7,10,15-17H2,1-3H3. The Morgan fingerprint density at radius 3 is 2.55 bits per heavy atom. The van der Waals surface area contributed by atoms with Gasteiger partial charge in [0.1, 0.15) is 5.69 Å². The van der Waals surface area contributed by atoms with Crippen molar-refractivity contribution in [3.8, 4) is 10.4 Å². The molecule has 1 unspecified atom stereocenters. The van der Waals surface area contributed by atoms with Gasteiger partial charge in [-0.05, 0) is 42.4 Å². The van der Waals surface area contributed by atoms with Gasteiger partial charge in [-0.25, -0.2) is 4.98 Å². The van der Waals surface area contributed by atoms with Gasteiger partial charge < -0.3 is 9.64 Å². The minimum absolute atomic E-state index is 0.0216. The van der Waals surface area contributed by atoms with Gasteiger partial charge in [0, 0.05) is 19.7 Å². The zero-order valence-corrected chi connectivity index (χ0v) is 19.3. The van der Waals surface area contributed by atoms with E-state index in [9.17, 15) is 4.79 Å². The second-order valence-electron chi connectivity index (χ2n) is 8.49. The topological polar surface area (TPSA) is 42.4 Å². The van der Waals surface area contributed by atoms with E-state index in [1.807, 2.05) is 42.2 Å². The molecule has 0 N–H and O–H groups in total. The predicted molar refractivity (Wildman–Crippen MR) is 127 cm³/mol. The quantitative estimate of drug-likeness (QED) is 0.454. The zero-order chi connectivity index (χ0) is 21.8. The van der Waals surface area contributed by atoms with Crippen LogP contribution in [-0.2, 0) is 11.3 Å². The second kappa shape index (κ2) is 9.75. The molecule has 1 aliphatic rings. The summed E-state index contributed by atoms with van der Waals surface area (Å²) in [6, 6.07) is 18.7. The molecule has 162 valence electrons. The van der Waals surface area contributed by atoms with Gasteiger partial charge in [0.15, 0.2) is 0 Å². The van der Waals surface area contributed by atoms with Crippen LogP contribution in [0.5, 0.6) is 0 Å². The molecule has 5 heteroatoms. The molecule has 0 bridgehead atoms. The van der Waals surface area contributed by atoms with Crippen LogP contribution in [0.1, 0.15) is 59.2 Å². The van der Waals surface area contributed by atoms with Gasteiger partial charge in [0.2, 0.25) is 0 Å². The average Bonchev–Trinajstić information content (AvgIpc) is 3.43. The minimum atomic E-state index is -0.0216. The van der Waals surface area contributed by atoms with Gasteiger partial charge in [-0.15, -0.1) is 11.3 Å². The Bertz CT molecular complexity index is 1010.